The molecule has 0 bridgehead atoms. The molecule has 7 heteroatoms. The molecule has 2 N–H and O–H groups in total. The Bertz CT molecular complexity index is 1080. The number of aliphatic hydroxyl groups is 1. The number of rotatable bonds is 5. The number of fused-ring (bicyclic) bond motifs is 1. The Hall–Kier alpha value is -2.99. The number of hydrogen-bond acceptors (Lipinski definition) is 5. The van der Waals surface area contributed by atoms with Crippen molar-refractivity contribution in [3.8, 4) is 11.5 Å². The van der Waals surface area contributed by atoms with Crippen LogP contribution in [0.15, 0.2) is 42.0 Å². The third-order valence-corrected chi connectivity index (χ3v) is 6.06. The summed E-state index contributed by atoms with van der Waals surface area (Å²) in [5.41, 5.74) is 2.01. The Kier molecular flexibility index (Phi) is 5.92. The second kappa shape index (κ2) is 8.63. The van der Waals surface area contributed by atoms with Gasteiger partial charge in [-0.25, -0.2) is 0 Å². The number of aromatic hydroxyl groups is 1. The van der Waals surface area contributed by atoms with E-state index in [1.807, 2.05) is 13.0 Å². The number of nitrogens with zero attached hydrogens (tertiary/aromatic N) is 1. The van der Waals surface area contributed by atoms with Gasteiger partial charge in [0.05, 0.1) is 23.2 Å². The summed E-state index contributed by atoms with van der Waals surface area (Å²) >= 11 is 6.11. The fraction of sp³-hybridized carbons (Fsp3) is 0.333. The smallest absolute Gasteiger partial charge is 0.295 e. The van der Waals surface area contributed by atoms with Crippen molar-refractivity contribution in [1.82, 2.24) is 4.90 Å². The maximum absolute atomic E-state index is 13.0. The van der Waals surface area contributed by atoms with Gasteiger partial charge in [0, 0.05) is 12.1 Å². The van der Waals surface area contributed by atoms with E-state index in [4.69, 9.17) is 16.3 Å². The van der Waals surface area contributed by atoms with Crippen LogP contribution in [0.5, 0.6) is 11.5 Å². The van der Waals surface area contributed by atoms with Gasteiger partial charge < -0.3 is 19.8 Å². The molecular weight excluding hydrogens is 418 g/mol. The van der Waals surface area contributed by atoms with Crippen molar-refractivity contribution < 1.29 is 24.5 Å². The van der Waals surface area contributed by atoms with Crippen molar-refractivity contribution in [2.75, 3.05) is 13.2 Å². The fourth-order valence-corrected chi connectivity index (χ4v) is 4.33. The summed E-state index contributed by atoms with van der Waals surface area (Å²) in [6, 6.07) is 9.07. The molecule has 31 heavy (non-hydrogen) atoms. The summed E-state index contributed by atoms with van der Waals surface area (Å²) in [5.74, 6) is -0.916. The van der Waals surface area contributed by atoms with Crippen molar-refractivity contribution in [3.05, 3.63) is 63.7 Å². The number of ether oxygens (including phenoxy) is 1. The highest BCUT2D eigenvalue weighted by Gasteiger charge is 2.45. The van der Waals surface area contributed by atoms with E-state index in [0.717, 1.165) is 30.6 Å². The molecule has 1 atom stereocenters. The number of benzene rings is 2. The van der Waals surface area contributed by atoms with Crippen LogP contribution in [0.4, 0.5) is 0 Å². The van der Waals surface area contributed by atoms with Crippen LogP contribution in [0, 0.1) is 0 Å². The number of hydrogen-bond donors (Lipinski definition) is 2. The van der Waals surface area contributed by atoms with Crippen LogP contribution in [0.1, 0.15) is 48.9 Å². The Morgan fingerprint density at radius 3 is 2.77 bits per heavy atom. The molecule has 0 aliphatic carbocycles. The minimum Gasteiger partial charge on any atom is -0.507 e. The molecule has 0 aromatic heterocycles. The quantitative estimate of drug-likeness (QED) is 0.402. The fourth-order valence-electron chi connectivity index (χ4n) is 4.14. The molecule has 162 valence electrons. The van der Waals surface area contributed by atoms with E-state index in [1.165, 1.54) is 17.0 Å². The average Bonchev–Trinajstić information content (AvgIpc) is 3.03. The Labute approximate surface area is 185 Å². The number of aryl methyl sites for hydroxylation is 1. The first-order valence-electron chi connectivity index (χ1n) is 10.4. The number of amides is 1. The third-order valence-electron chi connectivity index (χ3n) is 5.76. The van der Waals surface area contributed by atoms with E-state index in [-0.39, 0.29) is 22.1 Å². The number of carbonyl (C=O) groups excluding carboxylic acids is 2. The van der Waals surface area contributed by atoms with Gasteiger partial charge in [0.1, 0.15) is 17.3 Å². The number of likely N-dealkylation sites (tertiary alicyclic amines) is 1. The van der Waals surface area contributed by atoms with Crippen molar-refractivity contribution >= 4 is 29.1 Å². The molecule has 1 fully saturated rings. The normalized spacial score (nSPS) is 19.9. The number of carbonyl (C=O) groups is 2. The highest BCUT2D eigenvalue weighted by atomic mass is 35.5. The number of phenols is 1. The van der Waals surface area contributed by atoms with Crippen LogP contribution in [0.25, 0.3) is 5.76 Å². The maximum Gasteiger partial charge on any atom is 0.295 e. The molecule has 2 heterocycles. The number of halogens is 1. The summed E-state index contributed by atoms with van der Waals surface area (Å²) in [6.45, 7) is 3.03. The van der Waals surface area contributed by atoms with E-state index >= 15 is 0 Å². The number of Topliss-reactive ketones (excluding diaryl/α,β-unsaturated/α-hetero) is 1. The summed E-state index contributed by atoms with van der Waals surface area (Å²) in [7, 11) is 0. The Morgan fingerprint density at radius 1 is 1.23 bits per heavy atom. The molecule has 2 aromatic rings. The maximum atomic E-state index is 13.0. The number of phenolic OH excluding ortho intramolecular Hbond substituents is 1. The predicted molar refractivity (Wildman–Crippen MR) is 117 cm³/mol. The molecule has 2 aliphatic rings. The molecule has 2 aliphatic heterocycles. The lowest BCUT2D eigenvalue weighted by atomic mass is 9.94. The summed E-state index contributed by atoms with van der Waals surface area (Å²) in [6.07, 6.45) is 3.26. The first-order valence-corrected chi connectivity index (χ1v) is 10.8. The van der Waals surface area contributed by atoms with Crippen LogP contribution in [0.3, 0.4) is 0 Å². The molecule has 6 nitrogen and oxygen atoms in total. The van der Waals surface area contributed by atoms with E-state index < -0.39 is 17.7 Å². The number of ketones is 1. The van der Waals surface area contributed by atoms with Crippen molar-refractivity contribution in [2.24, 2.45) is 0 Å². The Morgan fingerprint density at radius 2 is 2.03 bits per heavy atom. The van der Waals surface area contributed by atoms with Crippen molar-refractivity contribution in [3.63, 3.8) is 0 Å². The molecule has 1 saturated heterocycles. The van der Waals surface area contributed by atoms with Gasteiger partial charge in [0.15, 0.2) is 0 Å². The van der Waals surface area contributed by atoms with Gasteiger partial charge in [0.2, 0.25) is 0 Å². The highest BCUT2D eigenvalue weighted by molar-refractivity contribution is 6.46. The minimum absolute atomic E-state index is 0.0273. The molecule has 0 radical (unpaired) electrons. The molecule has 2 aromatic carbocycles. The van der Waals surface area contributed by atoms with E-state index in [0.29, 0.717) is 30.7 Å². The van der Waals surface area contributed by atoms with Crippen LogP contribution >= 0.6 is 11.6 Å². The minimum atomic E-state index is -0.781. The first kappa shape index (κ1) is 21.2. The molecular formula is C24H24ClNO5. The van der Waals surface area contributed by atoms with Gasteiger partial charge in [0.25, 0.3) is 11.7 Å². The monoisotopic (exact) mass is 441 g/mol. The van der Waals surface area contributed by atoms with E-state index in [1.54, 1.807) is 18.2 Å². The van der Waals surface area contributed by atoms with E-state index in [2.05, 4.69) is 0 Å². The van der Waals surface area contributed by atoms with Crippen LogP contribution in [-0.4, -0.2) is 40.0 Å². The molecule has 0 spiro atoms. The average molecular weight is 442 g/mol. The summed E-state index contributed by atoms with van der Waals surface area (Å²) in [4.78, 5) is 27.3. The molecule has 0 saturated carbocycles. The number of aliphatic hydroxyl groups excluding tert-OH is 1. The van der Waals surface area contributed by atoms with Crippen molar-refractivity contribution in [1.29, 1.82) is 0 Å². The zero-order chi connectivity index (χ0) is 22.1. The van der Waals surface area contributed by atoms with Gasteiger partial charge in [-0.15, -0.1) is 0 Å². The topological polar surface area (TPSA) is 87.1 Å². The number of unbranched alkanes of at least 4 members (excludes halogenated alkanes) is 1. The van der Waals surface area contributed by atoms with Crippen LogP contribution in [-0.2, 0) is 16.0 Å². The zero-order valence-corrected chi connectivity index (χ0v) is 18.0. The van der Waals surface area contributed by atoms with E-state index in [9.17, 15) is 19.8 Å². The van der Waals surface area contributed by atoms with Gasteiger partial charge in [-0.2, -0.15) is 0 Å². The lowest BCUT2D eigenvalue weighted by molar-refractivity contribution is -0.139. The highest BCUT2D eigenvalue weighted by Crippen LogP contribution is 2.41. The van der Waals surface area contributed by atoms with Gasteiger partial charge >= 0.3 is 0 Å². The van der Waals surface area contributed by atoms with Crippen LogP contribution < -0.4 is 4.74 Å². The summed E-state index contributed by atoms with van der Waals surface area (Å²) in [5, 5.41) is 21.1. The Balaban J connectivity index is 1.85. The molecule has 1 amide bonds. The van der Waals surface area contributed by atoms with Gasteiger partial charge in [-0.05, 0) is 60.7 Å². The molecule has 4 rings (SSSR count). The second-order valence-corrected chi connectivity index (χ2v) is 8.24. The zero-order valence-electron chi connectivity index (χ0n) is 17.2. The van der Waals surface area contributed by atoms with Crippen molar-refractivity contribution in [2.45, 2.75) is 38.6 Å². The SMILES string of the molecule is CCCCN1C(=O)C(=O)/C(=C(\O)c2ccc3c(c2)CCCO3)C1c1ccc(O)c(Cl)c1. The largest absolute Gasteiger partial charge is 0.507 e. The lowest BCUT2D eigenvalue weighted by Gasteiger charge is -2.25. The first-order chi connectivity index (χ1) is 14.9. The predicted octanol–water partition coefficient (Wildman–Crippen LogP) is 4.59. The second-order valence-electron chi connectivity index (χ2n) is 7.83. The summed E-state index contributed by atoms with van der Waals surface area (Å²) < 4.78 is 5.63. The molecule has 1 unspecified atom stereocenters. The van der Waals surface area contributed by atoms with Gasteiger partial charge in [-0.3, -0.25) is 9.59 Å². The lowest BCUT2D eigenvalue weighted by Crippen LogP contribution is -2.30. The van der Waals surface area contributed by atoms with Crippen LogP contribution in [0.2, 0.25) is 5.02 Å². The third kappa shape index (κ3) is 3.88. The van der Waals surface area contributed by atoms with Gasteiger partial charge in [-0.1, -0.05) is 31.0 Å². The standard InChI is InChI=1S/C24H24ClNO5/c1-2-3-10-26-21(15-6-8-18(27)17(25)13-15)20(23(29)24(26)30)22(28)16-7-9-19-14(12-16)5-4-11-31-19/h6-9,12-13,21,27-28H,2-5,10-11H2,1H3/b22-20-.